The first-order chi connectivity index (χ1) is 10.0. The van der Waals surface area contributed by atoms with Crippen LogP contribution in [0.4, 0.5) is 4.39 Å². The molecule has 116 valence electrons. The third-order valence-electron chi connectivity index (χ3n) is 2.73. The highest BCUT2D eigenvalue weighted by Crippen LogP contribution is 2.09. The first-order valence-electron chi connectivity index (χ1n) is 6.43. The number of rotatable bonds is 9. The van der Waals surface area contributed by atoms with Gasteiger partial charge in [0.05, 0.1) is 13.2 Å². The molecule has 6 nitrogen and oxygen atoms in total. The van der Waals surface area contributed by atoms with Crippen molar-refractivity contribution in [3.63, 3.8) is 0 Å². The van der Waals surface area contributed by atoms with E-state index in [1.807, 2.05) is 0 Å². The number of primary amides is 1. The Bertz CT molecular complexity index is 482. The molecule has 2 amide bonds. The molecule has 0 bridgehead atoms. The van der Waals surface area contributed by atoms with Crippen molar-refractivity contribution in [2.75, 3.05) is 26.9 Å². The van der Waals surface area contributed by atoms with Crippen LogP contribution in [0.15, 0.2) is 24.3 Å². The van der Waals surface area contributed by atoms with Crippen LogP contribution in [-0.4, -0.2) is 44.8 Å². The monoisotopic (exact) mass is 298 g/mol. The van der Waals surface area contributed by atoms with E-state index < -0.39 is 23.7 Å². The van der Waals surface area contributed by atoms with Gasteiger partial charge in [-0.3, -0.25) is 9.59 Å². The molecule has 0 fully saturated rings. The van der Waals surface area contributed by atoms with Crippen LogP contribution in [-0.2, 0) is 25.5 Å². The maximum atomic E-state index is 13.5. The molecule has 3 N–H and O–H groups in total. The molecule has 1 aromatic carbocycles. The predicted molar refractivity (Wildman–Crippen MR) is 73.9 cm³/mol. The van der Waals surface area contributed by atoms with Gasteiger partial charge in [-0.1, -0.05) is 18.2 Å². The summed E-state index contributed by atoms with van der Waals surface area (Å²) in [6.07, 6.45) is -0.00812. The lowest BCUT2D eigenvalue weighted by atomic mass is 10.0. The topological polar surface area (TPSA) is 90.7 Å². The number of methoxy groups -OCH3 is 1. The maximum absolute atomic E-state index is 13.5. The van der Waals surface area contributed by atoms with Crippen LogP contribution in [0.1, 0.15) is 5.56 Å². The molecule has 1 aromatic rings. The largest absolute Gasteiger partial charge is 0.382 e. The summed E-state index contributed by atoms with van der Waals surface area (Å²) >= 11 is 0. The quantitative estimate of drug-likeness (QED) is 0.628. The molecule has 0 spiro atoms. The molecule has 0 aliphatic heterocycles. The zero-order chi connectivity index (χ0) is 15.7. The van der Waals surface area contributed by atoms with Crippen LogP contribution >= 0.6 is 0 Å². The van der Waals surface area contributed by atoms with Crippen LogP contribution in [0.3, 0.4) is 0 Å². The Morgan fingerprint density at radius 2 is 2.05 bits per heavy atom. The predicted octanol–water partition coefficient (Wildman–Crippen LogP) is 0.00130. The number of carbonyl (C=O) groups excluding carboxylic acids is 2. The van der Waals surface area contributed by atoms with Gasteiger partial charge in [0, 0.05) is 13.5 Å². The van der Waals surface area contributed by atoms with Gasteiger partial charge in [-0.25, -0.2) is 4.39 Å². The number of nitrogens with two attached hydrogens (primary N) is 1. The number of hydrogen-bond acceptors (Lipinski definition) is 4. The highest BCUT2D eigenvalue weighted by atomic mass is 19.1. The zero-order valence-corrected chi connectivity index (χ0v) is 11.8. The lowest BCUT2D eigenvalue weighted by molar-refractivity contribution is -0.130. The maximum Gasteiger partial charge on any atom is 0.246 e. The summed E-state index contributed by atoms with van der Waals surface area (Å²) in [4.78, 5) is 23.0. The zero-order valence-electron chi connectivity index (χ0n) is 11.8. The molecule has 7 heteroatoms. The Labute approximate surface area is 122 Å². The molecule has 1 rings (SSSR count). The highest BCUT2D eigenvalue weighted by Gasteiger charge is 2.20. The first kappa shape index (κ1) is 17.1. The summed E-state index contributed by atoms with van der Waals surface area (Å²) in [5.74, 6) is -1.68. The van der Waals surface area contributed by atoms with E-state index in [2.05, 4.69) is 5.32 Å². The SMILES string of the molecule is COCCOCC(=O)N[C@@H](Cc1ccccc1F)C(N)=O. The van der Waals surface area contributed by atoms with Crippen molar-refractivity contribution in [2.45, 2.75) is 12.5 Å². The van der Waals surface area contributed by atoms with Crippen LogP contribution < -0.4 is 11.1 Å². The van der Waals surface area contributed by atoms with Gasteiger partial charge in [-0.15, -0.1) is 0 Å². The molecule has 0 saturated heterocycles. The van der Waals surface area contributed by atoms with Gasteiger partial charge in [0.2, 0.25) is 11.8 Å². The van der Waals surface area contributed by atoms with E-state index >= 15 is 0 Å². The Kier molecular flexibility index (Phi) is 7.34. The fraction of sp³-hybridized carbons (Fsp3) is 0.429. The summed E-state index contributed by atoms with van der Waals surface area (Å²) in [7, 11) is 1.51. The highest BCUT2D eigenvalue weighted by molar-refractivity contribution is 5.87. The molecule has 0 aliphatic carbocycles. The minimum Gasteiger partial charge on any atom is -0.382 e. The Morgan fingerprint density at radius 1 is 1.33 bits per heavy atom. The number of halogens is 1. The van der Waals surface area contributed by atoms with Crippen molar-refractivity contribution in [1.82, 2.24) is 5.32 Å². The van der Waals surface area contributed by atoms with Gasteiger partial charge in [0.1, 0.15) is 18.5 Å². The minimum atomic E-state index is -0.986. The van der Waals surface area contributed by atoms with Crippen molar-refractivity contribution in [3.8, 4) is 0 Å². The van der Waals surface area contributed by atoms with Gasteiger partial charge in [-0.05, 0) is 11.6 Å². The van der Waals surface area contributed by atoms with Crippen molar-refractivity contribution in [2.24, 2.45) is 5.73 Å². The molecule has 0 unspecified atom stereocenters. The fourth-order valence-electron chi connectivity index (χ4n) is 1.65. The normalized spacial score (nSPS) is 11.9. The second-order valence-corrected chi connectivity index (χ2v) is 4.36. The minimum absolute atomic E-state index is 0.00812. The summed E-state index contributed by atoms with van der Waals surface area (Å²) in [6, 6.07) is 5.02. The summed E-state index contributed by atoms with van der Waals surface area (Å²) in [6.45, 7) is 0.407. The van der Waals surface area contributed by atoms with E-state index in [1.54, 1.807) is 12.1 Å². The van der Waals surface area contributed by atoms with Crippen molar-refractivity contribution >= 4 is 11.8 Å². The van der Waals surface area contributed by atoms with Gasteiger partial charge in [-0.2, -0.15) is 0 Å². The number of hydrogen-bond donors (Lipinski definition) is 2. The Morgan fingerprint density at radius 3 is 2.67 bits per heavy atom. The smallest absolute Gasteiger partial charge is 0.246 e. The summed E-state index contributed by atoms with van der Waals surface area (Å²) < 4.78 is 23.3. The molecule has 0 radical (unpaired) electrons. The van der Waals surface area contributed by atoms with E-state index in [0.29, 0.717) is 12.2 Å². The van der Waals surface area contributed by atoms with E-state index in [4.69, 9.17) is 15.2 Å². The number of ether oxygens (including phenoxy) is 2. The van der Waals surface area contributed by atoms with Crippen LogP contribution in [0.25, 0.3) is 0 Å². The molecular formula is C14H19FN2O4. The lowest BCUT2D eigenvalue weighted by Gasteiger charge is -2.16. The molecule has 0 heterocycles. The van der Waals surface area contributed by atoms with Gasteiger partial charge < -0.3 is 20.5 Å². The Balaban J connectivity index is 2.52. The second kappa shape index (κ2) is 9.04. The molecule has 21 heavy (non-hydrogen) atoms. The first-order valence-corrected chi connectivity index (χ1v) is 6.43. The summed E-state index contributed by atoms with van der Waals surface area (Å²) in [5.41, 5.74) is 5.53. The van der Waals surface area contributed by atoms with Crippen LogP contribution in [0, 0.1) is 5.82 Å². The van der Waals surface area contributed by atoms with Crippen LogP contribution in [0.2, 0.25) is 0 Å². The Hall–Kier alpha value is -1.99. The van der Waals surface area contributed by atoms with E-state index in [1.165, 1.54) is 19.2 Å². The molecule has 0 aliphatic rings. The van der Waals surface area contributed by atoms with Crippen molar-refractivity contribution in [1.29, 1.82) is 0 Å². The number of amides is 2. The van der Waals surface area contributed by atoms with Gasteiger partial charge in [0.15, 0.2) is 0 Å². The number of benzene rings is 1. The number of carbonyl (C=O) groups is 2. The second-order valence-electron chi connectivity index (χ2n) is 4.36. The fourth-order valence-corrected chi connectivity index (χ4v) is 1.65. The standard InChI is InChI=1S/C14H19FN2O4/c1-20-6-7-21-9-13(18)17-12(14(16)19)8-10-4-2-3-5-11(10)15/h2-5,12H,6-9H2,1H3,(H2,16,19)(H,17,18)/t12-/m0/s1. The van der Waals surface area contributed by atoms with Crippen molar-refractivity contribution in [3.05, 3.63) is 35.6 Å². The molecule has 0 aromatic heterocycles. The number of nitrogens with one attached hydrogen (secondary N) is 1. The third-order valence-corrected chi connectivity index (χ3v) is 2.73. The average molecular weight is 298 g/mol. The molecule has 0 saturated carbocycles. The van der Waals surface area contributed by atoms with Crippen LogP contribution in [0.5, 0.6) is 0 Å². The molecule has 1 atom stereocenters. The van der Waals surface area contributed by atoms with Crippen molar-refractivity contribution < 1.29 is 23.5 Å². The van der Waals surface area contributed by atoms with E-state index in [9.17, 15) is 14.0 Å². The summed E-state index contributed by atoms with van der Waals surface area (Å²) in [5, 5.41) is 2.42. The van der Waals surface area contributed by atoms with E-state index in [0.717, 1.165) is 0 Å². The van der Waals surface area contributed by atoms with Gasteiger partial charge >= 0.3 is 0 Å². The average Bonchev–Trinajstić information content (AvgIpc) is 2.45. The molecular weight excluding hydrogens is 279 g/mol. The lowest BCUT2D eigenvalue weighted by Crippen LogP contribution is -2.47. The van der Waals surface area contributed by atoms with Gasteiger partial charge in [0.25, 0.3) is 0 Å². The third kappa shape index (κ3) is 6.33. The van der Waals surface area contributed by atoms with E-state index in [-0.39, 0.29) is 19.6 Å².